The number of anilines is 1. The molecule has 1 heterocycles. The quantitative estimate of drug-likeness (QED) is 0.722. The third kappa shape index (κ3) is 2.55. The van der Waals surface area contributed by atoms with Gasteiger partial charge < -0.3 is 5.73 Å². The van der Waals surface area contributed by atoms with Gasteiger partial charge in [-0.15, -0.1) is 0 Å². The molecule has 2 aromatic carbocycles. The monoisotopic (exact) mass is 355 g/mol. The molecule has 0 unspecified atom stereocenters. The van der Waals surface area contributed by atoms with Gasteiger partial charge in [0.25, 0.3) is 0 Å². The lowest BCUT2D eigenvalue weighted by molar-refractivity contribution is 0.112. The molecule has 0 amide bonds. The maximum Gasteiger partial charge on any atom is 0.156 e. The first-order valence-corrected chi connectivity index (χ1v) is 7.56. The fraction of sp³-hybridized carbons (Fsp3) is 0.0588. The Balaban J connectivity index is 2.16. The van der Waals surface area contributed by atoms with Crippen LogP contribution in [0.3, 0.4) is 0 Å². The van der Waals surface area contributed by atoms with Crippen molar-refractivity contribution < 1.29 is 4.79 Å². The SMILES string of the molecule is Cc1ccc(-c2nn(-c3ccc(Br)cc3)c(N)c2C=O)cc1. The van der Waals surface area contributed by atoms with Crippen LogP contribution in [0.5, 0.6) is 0 Å². The molecule has 3 rings (SSSR count). The van der Waals surface area contributed by atoms with Crippen LogP contribution in [0, 0.1) is 6.92 Å². The number of aryl methyl sites for hydroxylation is 1. The highest BCUT2D eigenvalue weighted by Crippen LogP contribution is 2.28. The summed E-state index contributed by atoms with van der Waals surface area (Å²) in [7, 11) is 0. The van der Waals surface area contributed by atoms with Crippen LogP contribution >= 0.6 is 15.9 Å². The molecular formula is C17H14BrN3O. The van der Waals surface area contributed by atoms with Crippen LogP contribution < -0.4 is 5.73 Å². The Morgan fingerprint density at radius 1 is 1.09 bits per heavy atom. The lowest BCUT2D eigenvalue weighted by atomic mass is 10.1. The Labute approximate surface area is 136 Å². The van der Waals surface area contributed by atoms with E-state index in [1.807, 2.05) is 55.5 Å². The van der Waals surface area contributed by atoms with Gasteiger partial charge in [0.2, 0.25) is 0 Å². The van der Waals surface area contributed by atoms with Crippen molar-refractivity contribution in [1.29, 1.82) is 0 Å². The molecule has 0 spiro atoms. The minimum Gasteiger partial charge on any atom is -0.383 e. The van der Waals surface area contributed by atoms with Crippen LogP contribution in [0.1, 0.15) is 15.9 Å². The molecule has 2 N–H and O–H groups in total. The summed E-state index contributed by atoms with van der Waals surface area (Å²) in [5, 5.41) is 4.53. The molecule has 4 nitrogen and oxygen atoms in total. The van der Waals surface area contributed by atoms with Gasteiger partial charge >= 0.3 is 0 Å². The highest BCUT2D eigenvalue weighted by molar-refractivity contribution is 9.10. The summed E-state index contributed by atoms with van der Waals surface area (Å²) in [6.45, 7) is 2.01. The molecule has 0 aliphatic carbocycles. The molecule has 22 heavy (non-hydrogen) atoms. The Kier molecular flexibility index (Phi) is 3.81. The second-order valence-corrected chi connectivity index (χ2v) is 5.94. The first-order chi connectivity index (χ1) is 10.6. The molecule has 0 fully saturated rings. The normalized spacial score (nSPS) is 10.6. The van der Waals surface area contributed by atoms with Crippen molar-refractivity contribution in [2.75, 3.05) is 5.73 Å². The minimum absolute atomic E-state index is 0.341. The summed E-state index contributed by atoms with van der Waals surface area (Å²) in [5.41, 5.74) is 9.94. The van der Waals surface area contributed by atoms with Gasteiger partial charge in [-0.3, -0.25) is 4.79 Å². The number of nitrogens with zero attached hydrogens (tertiary/aromatic N) is 2. The second kappa shape index (κ2) is 5.77. The highest BCUT2D eigenvalue weighted by atomic mass is 79.9. The molecule has 5 heteroatoms. The predicted octanol–water partition coefficient (Wildman–Crippen LogP) is 4.00. The number of halogens is 1. The zero-order valence-corrected chi connectivity index (χ0v) is 13.5. The molecule has 0 atom stereocenters. The van der Waals surface area contributed by atoms with Gasteiger partial charge in [-0.1, -0.05) is 45.8 Å². The molecule has 0 radical (unpaired) electrons. The van der Waals surface area contributed by atoms with E-state index in [1.54, 1.807) is 4.68 Å². The van der Waals surface area contributed by atoms with Crippen molar-refractivity contribution in [1.82, 2.24) is 9.78 Å². The van der Waals surface area contributed by atoms with Gasteiger partial charge in [-0.05, 0) is 31.2 Å². The Hall–Kier alpha value is -2.40. The number of hydrogen-bond acceptors (Lipinski definition) is 3. The molecule has 0 aliphatic rings. The van der Waals surface area contributed by atoms with E-state index in [0.717, 1.165) is 27.6 Å². The Morgan fingerprint density at radius 2 is 1.73 bits per heavy atom. The summed E-state index contributed by atoms with van der Waals surface area (Å²) in [6.07, 6.45) is 0.757. The molecule has 0 bridgehead atoms. The van der Waals surface area contributed by atoms with E-state index in [2.05, 4.69) is 21.0 Å². The smallest absolute Gasteiger partial charge is 0.156 e. The molecule has 1 aromatic heterocycles. The highest BCUT2D eigenvalue weighted by Gasteiger charge is 2.17. The molecule has 3 aromatic rings. The summed E-state index contributed by atoms with van der Waals surface area (Å²) >= 11 is 3.40. The maximum absolute atomic E-state index is 11.4. The average molecular weight is 356 g/mol. The van der Waals surface area contributed by atoms with Crippen molar-refractivity contribution in [3.8, 4) is 16.9 Å². The molecular weight excluding hydrogens is 342 g/mol. The zero-order chi connectivity index (χ0) is 15.7. The van der Waals surface area contributed by atoms with Crippen molar-refractivity contribution in [2.24, 2.45) is 0 Å². The first-order valence-electron chi connectivity index (χ1n) is 6.77. The van der Waals surface area contributed by atoms with Crippen LogP contribution in [0.4, 0.5) is 5.82 Å². The van der Waals surface area contributed by atoms with Gasteiger partial charge in [0.05, 0.1) is 11.3 Å². The Morgan fingerprint density at radius 3 is 2.32 bits per heavy atom. The van der Waals surface area contributed by atoms with E-state index in [-0.39, 0.29) is 0 Å². The fourth-order valence-corrected chi connectivity index (χ4v) is 2.53. The average Bonchev–Trinajstić information content (AvgIpc) is 2.85. The van der Waals surface area contributed by atoms with E-state index >= 15 is 0 Å². The maximum atomic E-state index is 11.4. The summed E-state index contributed by atoms with van der Waals surface area (Å²) in [6, 6.07) is 15.4. The third-order valence-corrected chi connectivity index (χ3v) is 4.00. The van der Waals surface area contributed by atoms with E-state index in [0.29, 0.717) is 17.1 Å². The number of aldehydes is 1. The van der Waals surface area contributed by atoms with Crippen molar-refractivity contribution in [3.63, 3.8) is 0 Å². The zero-order valence-electron chi connectivity index (χ0n) is 12.0. The number of aromatic nitrogens is 2. The van der Waals surface area contributed by atoms with Crippen LogP contribution in [0.25, 0.3) is 16.9 Å². The van der Waals surface area contributed by atoms with Gasteiger partial charge in [-0.25, -0.2) is 4.68 Å². The largest absolute Gasteiger partial charge is 0.383 e. The fourth-order valence-electron chi connectivity index (χ4n) is 2.26. The second-order valence-electron chi connectivity index (χ2n) is 5.02. The standard InChI is InChI=1S/C17H14BrN3O/c1-11-2-4-12(5-3-11)16-15(10-22)17(19)21(20-16)14-8-6-13(18)7-9-14/h2-10H,19H2,1H3. The third-order valence-electron chi connectivity index (χ3n) is 3.47. The van der Waals surface area contributed by atoms with E-state index in [1.165, 1.54) is 0 Å². The van der Waals surface area contributed by atoms with Crippen LogP contribution in [0.15, 0.2) is 53.0 Å². The Bertz CT molecular complexity index is 820. The van der Waals surface area contributed by atoms with Crippen molar-refractivity contribution in [2.45, 2.75) is 6.92 Å². The van der Waals surface area contributed by atoms with E-state index in [4.69, 9.17) is 5.73 Å². The number of carbonyl (C=O) groups excluding carboxylic acids is 1. The minimum atomic E-state index is 0.341. The van der Waals surface area contributed by atoms with Gasteiger partial charge in [0.1, 0.15) is 11.5 Å². The van der Waals surface area contributed by atoms with Gasteiger partial charge in [0.15, 0.2) is 6.29 Å². The number of hydrogen-bond donors (Lipinski definition) is 1. The summed E-state index contributed by atoms with van der Waals surface area (Å²) in [4.78, 5) is 11.4. The van der Waals surface area contributed by atoms with Crippen LogP contribution in [-0.2, 0) is 0 Å². The van der Waals surface area contributed by atoms with Crippen molar-refractivity contribution >= 4 is 28.0 Å². The molecule has 0 saturated carbocycles. The lowest BCUT2D eigenvalue weighted by Crippen LogP contribution is -2.02. The van der Waals surface area contributed by atoms with Gasteiger partial charge in [0, 0.05) is 10.0 Å². The number of benzene rings is 2. The molecule has 110 valence electrons. The molecule has 0 saturated heterocycles. The number of carbonyl (C=O) groups is 1. The first kappa shape index (κ1) is 14.5. The van der Waals surface area contributed by atoms with Gasteiger partial charge in [-0.2, -0.15) is 5.10 Å². The topological polar surface area (TPSA) is 60.9 Å². The lowest BCUT2D eigenvalue weighted by Gasteiger charge is -2.03. The number of rotatable bonds is 3. The number of nitrogens with two attached hydrogens (primary N) is 1. The predicted molar refractivity (Wildman–Crippen MR) is 91.2 cm³/mol. The number of nitrogen functional groups attached to an aromatic ring is 1. The van der Waals surface area contributed by atoms with Crippen molar-refractivity contribution in [3.05, 3.63) is 64.1 Å². The summed E-state index contributed by atoms with van der Waals surface area (Å²) < 4.78 is 2.56. The summed E-state index contributed by atoms with van der Waals surface area (Å²) in [5.74, 6) is 0.341. The van der Waals surface area contributed by atoms with Crippen LogP contribution in [-0.4, -0.2) is 16.1 Å². The van der Waals surface area contributed by atoms with E-state index in [9.17, 15) is 4.79 Å². The van der Waals surface area contributed by atoms with Crippen LogP contribution in [0.2, 0.25) is 0 Å². The molecule has 0 aliphatic heterocycles. The van der Waals surface area contributed by atoms with E-state index < -0.39 is 0 Å².